The van der Waals surface area contributed by atoms with E-state index in [1.165, 1.54) is 0 Å². The van der Waals surface area contributed by atoms with Gasteiger partial charge in [0.05, 0.1) is 19.8 Å². The zero-order chi connectivity index (χ0) is 30.6. The van der Waals surface area contributed by atoms with E-state index < -0.39 is 0 Å². The summed E-state index contributed by atoms with van der Waals surface area (Å²) in [5, 5.41) is 7.16. The Kier molecular flexibility index (Phi) is 13.3. The summed E-state index contributed by atoms with van der Waals surface area (Å²) in [4.78, 5) is 0. The van der Waals surface area contributed by atoms with Crippen molar-refractivity contribution in [2.45, 2.75) is 99.6 Å². The molecule has 41 heavy (non-hydrogen) atoms. The van der Waals surface area contributed by atoms with Gasteiger partial charge in [0.1, 0.15) is 18.1 Å². The van der Waals surface area contributed by atoms with Crippen molar-refractivity contribution >= 4 is 0 Å². The van der Waals surface area contributed by atoms with E-state index in [2.05, 4.69) is 79.9 Å². The van der Waals surface area contributed by atoms with Crippen molar-refractivity contribution in [3.63, 3.8) is 0 Å². The van der Waals surface area contributed by atoms with Crippen molar-refractivity contribution in [2.24, 2.45) is 10.8 Å². The van der Waals surface area contributed by atoms with E-state index in [1.54, 1.807) is 0 Å². The SMILES string of the molecule is CC(C)(C)COc1ccccc1OCCCNC(C)(C)CCC(C)(C)COc1cccc(OCCNC(C)(C)C)c1. The van der Waals surface area contributed by atoms with Gasteiger partial charge >= 0.3 is 0 Å². The monoisotopic (exact) mass is 570 g/mol. The predicted molar refractivity (Wildman–Crippen MR) is 172 cm³/mol. The molecular formula is C35H58N2O4. The summed E-state index contributed by atoms with van der Waals surface area (Å²) >= 11 is 0. The van der Waals surface area contributed by atoms with E-state index in [1.807, 2.05) is 48.5 Å². The molecule has 0 aliphatic rings. The van der Waals surface area contributed by atoms with Crippen LogP contribution in [-0.4, -0.2) is 50.6 Å². The molecule has 2 rings (SSSR count). The third kappa shape index (κ3) is 16.0. The van der Waals surface area contributed by atoms with Crippen molar-refractivity contribution in [1.82, 2.24) is 10.6 Å². The molecule has 0 bridgehead atoms. The second-order valence-electron chi connectivity index (χ2n) is 14.8. The Morgan fingerprint density at radius 3 is 1.85 bits per heavy atom. The highest BCUT2D eigenvalue weighted by Gasteiger charge is 2.25. The van der Waals surface area contributed by atoms with Crippen LogP contribution in [0.15, 0.2) is 48.5 Å². The van der Waals surface area contributed by atoms with Crippen LogP contribution in [0.2, 0.25) is 0 Å². The zero-order valence-electron chi connectivity index (χ0n) is 27.6. The standard InChI is InChI=1S/C35H58N2O4/c1-32(2,3)26-41-31-18-12-11-17-30(31)39-23-14-21-37-35(9,10)20-19-34(7,8)27-40-29-16-13-15-28(25-29)38-24-22-36-33(4,5)6/h11-13,15-18,25,36-37H,14,19-24,26-27H2,1-10H3. The second kappa shape index (κ2) is 15.7. The van der Waals surface area contributed by atoms with Gasteiger partial charge in [-0.15, -0.1) is 0 Å². The Hall–Kier alpha value is -2.44. The molecule has 2 aromatic carbocycles. The van der Waals surface area contributed by atoms with Crippen LogP contribution in [0.3, 0.4) is 0 Å². The second-order valence-corrected chi connectivity index (χ2v) is 14.8. The van der Waals surface area contributed by atoms with E-state index in [4.69, 9.17) is 18.9 Å². The topological polar surface area (TPSA) is 61.0 Å². The lowest BCUT2D eigenvalue weighted by Gasteiger charge is -2.32. The first-order valence-electron chi connectivity index (χ1n) is 15.2. The highest BCUT2D eigenvalue weighted by molar-refractivity contribution is 5.39. The summed E-state index contributed by atoms with van der Waals surface area (Å²) in [6.45, 7) is 26.3. The normalized spacial score (nSPS) is 12.7. The number of para-hydroxylation sites is 2. The van der Waals surface area contributed by atoms with Crippen molar-refractivity contribution in [3.8, 4) is 23.0 Å². The Bertz CT molecular complexity index is 1020. The maximum absolute atomic E-state index is 6.20. The number of hydrogen-bond donors (Lipinski definition) is 2. The Morgan fingerprint density at radius 1 is 0.585 bits per heavy atom. The summed E-state index contributed by atoms with van der Waals surface area (Å²) in [5.41, 5.74) is 0.270. The lowest BCUT2D eigenvalue weighted by Crippen LogP contribution is -2.41. The van der Waals surface area contributed by atoms with Gasteiger partial charge in [-0.05, 0) is 95.5 Å². The molecule has 0 aromatic heterocycles. The van der Waals surface area contributed by atoms with Gasteiger partial charge in [0.2, 0.25) is 0 Å². The highest BCUT2D eigenvalue weighted by atomic mass is 16.5. The fourth-order valence-corrected chi connectivity index (χ4v) is 4.00. The molecule has 2 aromatic rings. The molecule has 232 valence electrons. The minimum atomic E-state index is 0.0276. The molecule has 2 N–H and O–H groups in total. The van der Waals surface area contributed by atoms with E-state index in [0.29, 0.717) is 26.4 Å². The van der Waals surface area contributed by atoms with Gasteiger partial charge < -0.3 is 29.6 Å². The molecule has 0 radical (unpaired) electrons. The predicted octanol–water partition coefficient (Wildman–Crippen LogP) is 7.90. The number of hydrogen-bond acceptors (Lipinski definition) is 6. The van der Waals surface area contributed by atoms with Gasteiger partial charge in [-0.25, -0.2) is 0 Å². The molecule has 0 saturated carbocycles. The zero-order valence-corrected chi connectivity index (χ0v) is 27.6. The molecule has 6 nitrogen and oxygen atoms in total. The molecular weight excluding hydrogens is 512 g/mol. The largest absolute Gasteiger partial charge is 0.493 e. The molecule has 0 heterocycles. The molecule has 0 saturated heterocycles. The van der Waals surface area contributed by atoms with Gasteiger partial charge in [0.25, 0.3) is 0 Å². The molecule has 0 amide bonds. The number of rotatable bonds is 18. The molecule has 6 heteroatoms. The molecule has 0 spiro atoms. The van der Waals surface area contributed by atoms with Crippen LogP contribution < -0.4 is 29.6 Å². The van der Waals surface area contributed by atoms with Gasteiger partial charge in [0, 0.05) is 23.7 Å². The maximum Gasteiger partial charge on any atom is 0.161 e. The number of benzene rings is 2. The molecule has 0 aliphatic heterocycles. The quantitative estimate of drug-likeness (QED) is 0.178. The number of ether oxygens (including phenoxy) is 4. The Labute approximate surface area is 250 Å². The first-order valence-corrected chi connectivity index (χ1v) is 15.2. The Balaban J connectivity index is 1.69. The van der Waals surface area contributed by atoms with Gasteiger partial charge in [-0.1, -0.05) is 52.8 Å². The molecule has 0 unspecified atom stereocenters. The van der Waals surface area contributed by atoms with Crippen LogP contribution >= 0.6 is 0 Å². The van der Waals surface area contributed by atoms with E-state index >= 15 is 0 Å². The summed E-state index contributed by atoms with van der Waals surface area (Å²) < 4.78 is 24.2. The summed E-state index contributed by atoms with van der Waals surface area (Å²) in [6, 6.07) is 15.9. The van der Waals surface area contributed by atoms with Gasteiger partial charge in [-0.2, -0.15) is 0 Å². The molecule has 0 aliphatic carbocycles. The first-order chi connectivity index (χ1) is 19.0. The summed E-state index contributed by atoms with van der Waals surface area (Å²) in [5.74, 6) is 3.31. The Morgan fingerprint density at radius 2 is 1.22 bits per heavy atom. The van der Waals surface area contributed by atoms with Crippen LogP contribution in [0.25, 0.3) is 0 Å². The van der Waals surface area contributed by atoms with Gasteiger partial charge in [-0.3, -0.25) is 0 Å². The van der Waals surface area contributed by atoms with Crippen LogP contribution in [0.4, 0.5) is 0 Å². The van der Waals surface area contributed by atoms with Crippen LogP contribution in [0, 0.1) is 10.8 Å². The average Bonchev–Trinajstić information content (AvgIpc) is 2.87. The van der Waals surface area contributed by atoms with Crippen LogP contribution in [0.5, 0.6) is 23.0 Å². The lowest BCUT2D eigenvalue weighted by atomic mass is 9.83. The average molecular weight is 571 g/mol. The highest BCUT2D eigenvalue weighted by Crippen LogP contribution is 2.30. The summed E-state index contributed by atoms with van der Waals surface area (Å²) in [6.07, 6.45) is 3.03. The van der Waals surface area contributed by atoms with Crippen LogP contribution in [-0.2, 0) is 0 Å². The minimum Gasteiger partial charge on any atom is -0.493 e. The fraction of sp³-hybridized carbons (Fsp3) is 0.657. The first kappa shape index (κ1) is 34.8. The number of nitrogens with one attached hydrogen (secondary N) is 2. The minimum absolute atomic E-state index is 0.0276. The lowest BCUT2D eigenvalue weighted by molar-refractivity contribution is 0.152. The smallest absolute Gasteiger partial charge is 0.161 e. The van der Waals surface area contributed by atoms with Crippen LogP contribution in [0.1, 0.15) is 88.5 Å². The summed E-state index contributed by atoms with van der Waals surface area (Å²) in [7, 11) is 0. The van der Waals surface area contributed by atoms with Crippen molar-refractivity contribution < 1.29 is 18.9 Å². The fourth-order valence-electron chi connectivity index (χ4n) is 4.00. The van der Waals surface area contributed by atoms with E-state index in [0.717, 1.165) is 55.4 Å². The van der Waals surface area contributed by atoms with Crippen molar-refractivity contribution in [1.29, 1.82) is 0 Å². The molecule has 0 fully saturated rings. The van der Waals surface area contributed by atoms with Gasteiger partial charge in [0.15, 0.2) is 11.5 Å². The third-order valence-electron chi connectivity index (χ3n) is 6.58. The maximum atomic E-state index is 6.20. The van der Waals surface area contributed by atoms with E-state index in [9.17, 15) is 0 Å². The van der Waals surface area contributed by atoms with Crippen molar-refractivity contribution in [2.75, 3.05) is 39.5 Å². The van der Waals surface area contributed by atoms with Crippen molar-refractivity contribution in [3.05, 3.63) is 48.5 Å². The van der Waals surface area contributed by atoms with E-state index in [-0.39, 0.29) is 21.9 Å². The molecule has 0 atom stereocenters. The third-order valence-corrected chi connectivity index (χ3v) is 6.58.